The van der Waals surface area contributed by atoms with Gasteiger partial charge in [0.1, 0.15) is 0 Å². The van der Waals surface area contributed by atoms with Crippen LogP contribution >= 0.6 is 0 Å². The van der Waals surface area contributed by atoms with Gasteiger partial charge in [0.2, 0.25) is 0 Å². The van der Waals surface area contributed by atoms with Gasteiger partial charge in [0, 0.05) is 6.54 Å². The van der Waals surface area contributed by atoms with Gasteiger partial charge in [-0.3, -0.25) is 0 Å². The average Bonchev–Trinajstić information content (AvgIpc) is 2.84. The van der Waals surface area contributed by atoms with Crippen molar-refractivity contribution < 1.29 is 21.8 Å². The van der Waals surface area contributed by atoms with E-state index in [9.17, 15) is 5.26 Å². The first kappa shape index (κ1) is 30.4. The number of hydrogen-bond acceptors (Lipinski definition) is 6. The Morgan fingerprint density at radius 2 is 1.44 bits per heavy atom. The monoisotopic (exact) mass is 496 g/mol. The fourth-order valence-corrected chi connectivity index (χ4v) is 4.23. The molecule has 0 fully saturated rings. The van der Waals surface area contributed by atoms with Crippen LogP contribution in [0.2, 0.25) is 0 Å². The normalized spacial score (nSPS) is 12.5. The topological polar surface area (TPSA) is 64.0 Å². The molecule has 34 heavy (non-hydrogen) atoms. The molecule has 0 bridgehead atoms. The summed E-state index contributed by atoms with van der Waals surface area (Å²) in [6.07, 6.45) is 2.61. The van der Waals surface area contributed by atoms with Crippen LogP contribution in [0.1, 0.15) is 40.7 Å². The second-order valence-corrected chi connectivity index (χ2v) is 8.65. The SMILES string of the molecule is COc1ccc(CCN(C)CCCC(C#N)(c2ccc(OC)c(OC)c2)C(C)C)cc1OC.[Ca+2].[H-].[H-]. The van der Waals surface area contributed by atoms with Gasteiger partial charge in [0.15, 0.2) is 23.0 Å². The summed E-state index contributed by atoms with van der Waals surface area (Å²) in [5.41, 5.74) is 1.60. The fraction of sp³-hybridized carbons (Fsp3) is 0.519. The average molecular weight is 497 g/mol. The maximum atomic E-state index is 10.2. The Kier molecular flexibility index (Phi) is 13.1. The molecule has 7 heteroatoms. The first-order chi connectivity index (χ1) is 15.8. The van der Waals surface area contributed by atoms with E-state index in [1.165, 1.54) is 5.56 Å². The van der Waals surface area contributed by atoms with Crippen molar-refractivity contribution >= 4 is 37.7 Å². The van der Waals surface area contributed by atoms with E-state index < -0.39 is 5.41 Å². The maximum absolute atomic E-state index is 10.2. The predicted octanol–water partition coefficient (Wildman–Crippen LogP) is 4.94. The fourth-order valence-electron chi connectivity index (χ4n) is 4.23. The zero-order valence-corrected chi connectivity index (χ0v) is 24.0. The summed E-state index contributed by atoms with van der Waals surface area (Å²) in [5.74, 6) is 2.99. The van der Waals surface area contributed by atoms with Crippen LogP contribution in [0.5, 0.6) is 23.0 Å². The van der Waals surface area contributed by atoms with Gasteiger partial charge in [-0.25, -0.2) is 0 Å². The predicted molar refractivity (Wildman–Crippen MR) is 140 cm³/mol. The molecule has 1 unspecified atom stereocenters. The van der Waals surface area contributed by atoms with Crippen molar-refractivity contribution in [3.05, 3.63) is 47.5 Å². The number of nitriles is 1. The van der Waals surface area contributed by atoms with Gasteiger partial charge in [0.25, 0.3) is 0 Å². The molecule has 0 radical (unpaired) electrons. The zero-order valence-electron chi connectivity index (χ0n) is 23.8. The minimum Gasteiger partial charge on any atom is -1.00 e. The number of benzene rings is 2. The van der Waals surface area contributed by atoms with Crippen LogP contribution in [0.4, 0.5) is 0 Å². The standard InChI is InChI=1S/C27H38N2O4.Ca.2H/c1-20(2)27(19-28,22-10-12-24(31-5)26(18-22)33-7)14-8-15-29(3)16-13-21-9-11-23(30-4)25(17-21)32-6;;;/h9-12,17-18,20H,8,13-16H2,1-7H3;;;/q;+2;2*-1. The van der Waals surface area contributed by atoms with Gasteiger partial charge >= 0.3 is 37.7 Å². The molecule has 2 aromatic rings. The quantitative estimate of drug-likeness (QED) is 0.366. The Morgan fingerprint density at radius 3 is 1.97 bits per heavy atom. The molecule has 1 atom stereocenters. The minimum absolute atomic E-state index is 0. The van der Waals surface area contributed by atoms with Crippen molar-refractivity contribution in [3.8, 4) is 29.1 Å². The summed E-state index contributed by atoms with van der Waals surface area (Å²) in [5, 5.41) is 10.2. The van der Waals surface area contributed by atoms with Crippen LogP contribution in [0.3, 0.4) is 0 Å². The van der Waals surface area contributed by atoms with Gasteiger partial charge < -0.3 is 26.7 Å². The van der Waals surface area contributed by atoms with Crippen molar-refractivity contribution in [2.45, 2.75) is 38.5 Å². The van der Waals surface area contributed by atoms with Crippen LogP contribution in [-0.4, -0.2) is 91.2 Å². The second kappa shape index (κ2) is 14.7. The van der Waals surface area contributed by atoms with Crippen molar-refractivity contribution in [1.82, 2.24) is 4.90 Å². The molecule has 0 saturated carbocycles. The number of ether oxygens (including phenoxy) is 4. The van der Waals surface area contributed by atoms with Crippen LogP contribution in [0, 0.1) is 17.2 Å². The molecule has 0 spiro atoms. The largest absolute Gasteiger partial charge is 2.00 e. The van der Waals surface area contributed by atoms with Crippen molar-refractivity contribution in [2.24, 2.45) is 5.92 Å². The number of hydrogen-bond donors (Lipinski definition) is 0. The van der Waals surface area contributed by atoms with E-state index in [1.54, 1.807) is 28.4 Å². The number of likely N-dealkylation sites (N-methyl/N-ethyl adjacent to an activating group) is 1. The molecule has 0 aromatic heterocycles. The molecular formula is C27H40CaN2O4. The number of nitrogens with zero attached hydrogens (tertiary/aromatic N) is 2. The summed E-state index contributed by atoms with van der Waals surface area (Å²) >= 11 is 0. The molecule has 0 aliphatic carbocycles. The molecule has 6 nitrogen and oxygen atoms in total. The Balaban J connectivity index is 0. The summed E-state index contributed by atoms with van der Waals surface area (Å²) in [4.78, 5) is 2.31. The smallest absolute Gasteiger partial charge is 1.00 e. The van der Waals surface area contributed by atoms with Crippen molar-refractivity contribution in [3.63, 3.8) is 0 Å². The van der Waals surface area contributed by atoms with Crippen LogP contribution in [0.15, 0.2) is 36.4 Å². The summed E-state index contributed by atoms with van der Waals surface area (Å²) in [6.45, 7) is 6.06. The molecule has 0 aliphatic heterocycles. The van der Waals surface area contributed by atoms with Crippen molar-refractivity contribution in [1.29, 1.82) is 5.26 Å². The Labute approximate surface area is 238 Å². The third-order valence-electron chi connectivity index (χ3n) is 6.42. The molecule has 184 valence electrons. The number of methoxy groups -OCH3 is 4. The van der Waals surface area contributed by atoms with Gasteiger partial charge in [-0.2, -0.15) is 5.26 Å². The zero-order chi connectivity index (χ0) is 24.4. The first-order valence-electron chi connectivity index (χ1n) is 11.4. The first-order valence-corrected chi connectivity index (χ1v) is 11.4. The molecule has 0 saturated heterocycles. The van der Waals surface area contributed by atoms with Crippen LogP contribution in [-0.2, 0) is 11.8 Å². The molecule has 2 rings (SSSR count). The van der Waals surface area contributed by atoms with E-state index in [0.717, 1.165) is 49.4 Å². The summed E-state index contributed by atoms with van der Waals surface area (Å²) in [6, 6.07) is 14.5. The Morgan fingerprint density at radius 1 is 0.882 bits per heavy atom. The van der Waals surface area contributed by atoms with E-state index in [2.05, 4.69) is 37.9 Å². The van der Waals surface area contributed by atoms with E-state index in [4.69, 9.17) is 18.9 Å². The third-order valence-corrected chi connectivity index (χ3v) is 6.42. The van der Waals surface area contributed by atoms with E-state index in [1.807, 2.05) is 30.3 Å². The van der Waals surface area contributed by atoms with Crippen LogP contribution in [0.25, 0.3) is 0 Å². The number of rotatable bonds is 13. The maximum Gasteiger partial charge on any atom is 2.00 e. The molecule has 0 amide bonds. The summed E-state index contributed by atoms with van der Waals surface area (Å²) < 4.78 is 21.6. The van der Waals surface area contributed by atoms with E-state index in [0.29, 0.717) is 11.5 Å². The molecule has 0 N–H and O–H groups in total. The summed E-state index contributed by atoms with van der Waals surface area (Å²) in [7, 11) is 8.67. The van der Waals surface area contributed by atoms with E-state index in [-0.39, 0.29) is 46.5 Å². The molecular weight excluding hydrogens is 456 g/mol. The van der Waals surface area contributed by atoms with Gasteiger partial charge in [0.05, 0.1) is 39.9 Å². The minimum atomic E-state index is -0.580. The second-order valence-electron chi connectivity index (χ2n) is 8.65. The van der Waals surface area contributed by atoms with E-state index >= 15 is 0 Å². The van der Waals surface area contributed by atoms with Crippen molar-refractivity contribution in [2.75, 3.05) is 48.6 Å². The Hall–Kier alpha value is -1.65. The molecule has 2 aromatic carbocycles. The van der Waals surface area contributed by atoms with Gasteiger partial charge in [-0.15, -0.1) is 0 Å². The van der Waals surface area contributed by atoms with Gasteiger partial charge in [-0.1, -0.05) is 26.0 Å². The third kappa shape index (κ3) is 7.42. The van der Waals surface area contributed by atoms with Crippen LogP contribution < -0.4 is 18.9 Å². The van der Waals surface area contributed by atoms with Gasteiger partial charge in [-0.05, 0) is 74.2 Å². The molecule has 0 aliphatic rings. The molecule has 0 heterocycles. The Bertz CT molecular complexity index is 956.